The molecule has 4 unspecified atom stereocenters. The molecule has 0 spiro atoms. The van der Waals surface area contributed by atoms with Crippen molar-refractivity contribution in [3.63, 3.8) is 0 Å². The third-order valence-electron chi connectivity index (χ3n) is 8.80. The van der Waals surface area contributed by atoms with E-state index in [-0.39, 0.29) is 35.8 Å². The maximum atomic E-state index is 13.5. The minimum atomic E-state index is -0.476. The number of nitrogens with one attached hydrogen (secondary N) is 1. The fraction of sp³-hybridized carbons (Fsp3) is 0.529. The smallest absolute Gasteiger partial charge is 0.273 e. The average molecular weight is 577 g/mol. The van der Waals surface area contributed by atoms with E-state index in [0.717, 1.165) is 71.4 Å². The van der Waals surface area contributed by atoms with Crippen molar-refractivity contribution < 1.29 is 19.4 Å². The molecule has 5 rings (SSSR count). The molecule has 2 aliphatic rings. The number of aromatic nitrogens is 1. The molecule has 0 saturated heterocycles. The third kappa shape index (κ3) is 7.12. The van der Waals surface area contributed by atoms with Crippen LogP contribution in [0.15, 0.2) is 48.7 Å². The van der Waals surface area contributed by atoms with Crippen LogP contribution in [-0.2, 0) is 4.79 Å². The summed E-state index contributed by atoms with van der Waals surface area (Å²) in [7, 11) is 1.69. The summed E-state index contributed by atoms with van der Waals surface area (Å²) in [6, 6.07) is 14.5. The lowest BCUT2D eigenvalue weighted by atomic mass is 9.72. The van der Waals surface area contributed by atoms with Crippen LogP contribution in [0.3, 0.4) is 0 Å². The Kier molecular flexibility index (Phi) is 9.66. The highest BCUT2D eigenvalue weighted by Gasteiger charge is 2.36. The zero-order chi connectivity index (χ0) is 28.9. The Morgan fingerprint density at radius 2 is 1.88 bits per heavy atom. The summed E-state index contributed by atoms with van der Waals surface area (Å²) < 4.78 is 11.2. The molecule has 0 radical (unpaired) electrons. The minimum Gasteiger partial charge on any atom is -0.496 e. The average Bonchev–Trinajstić information content (AvgIpc) is 3.44. The van der Waals surface area contributed by atoms with Crippen molar-refractivity contribution in [3.8, 4) is 21.4 Å². The van der Waals surface area contributed by atoms with Crippen LogP contribution in [0, 0.1) is 18.8 Å². The zero-order valence-electron chi connectivity index (χ0n) is 24.8. The van der Waals surface area contributed by atoms with Gasteiger partial charge in [0, 0.05) is 18.0 Å². The second-order valence-corrected chi connectivity index (χ2v) is 13.1. The van der Waals surface area contributed by atoms with Gasteiger partial charge >= 0.3 is 0 Å². The van der Waals surface area contributed by atoms with Crippen molar-refractivity contribution in [3.05, 3.63) is 65.4 Å². The maximum Gasteiger partial charge on any atom is 0.273 e. The number of methoxy groups -OCH3 is 1. The molecule has 2 aromatic carbocycles. The second kappa shape index (κ2) is 13.4. The molecule has 41 heavy (non-hydrogen) atoms. The fourth-order valence-electron chi connectivity index (χ4n) is 6.64. The largest absolute Gasteiger partial charge is 0.496 e. The van der Waals surface area contributed by atoms with E-state index >= 15 is 0 Å². The van der Waals surface area contributed by atoms with Gasteiger partial charge in [0.2, 0.25) is 5.91 Å². The molecule has 1 heterocycles. The molecule has 7 heteroatoms. The van der Waals surface area contributed by atoms with Crippen LogP contribution in [0.25, 0.3) is 10.4 Å². The number of ether oxygens (including phenoxy) is 2. The molecule has 4 atom stereocenters. The van der Waals surface area contributed by atoms with E-state index in [2.05, 4.69) is 46.7 Å². The lowest BCUT2D eigenvalue weighted by Gasteiger charge is -2.38. The Morgan fingerprint density at radius 3 is 2.59 bits per heavy atom. The van der Waals surface area contributed by atoms with E-state index in [1.165, 1.54) is 17.8 Å². The molecular weight excluding hydrogens is 532 g/mol. The first-order valence-corrected chi connectivity index (χ1v) is 16.0. The van der Waals surface area contributed by atoms with E-state index in [9.17, 15) is 9.90 Å². The number of aliphatic hydroxyl groups excluding tert-OH is 1. The first-order valence-electron chi connectivity index (χ1n) is 15.2. The summed E-state index contributed by atoms with van der Waals surface area (Å²) in [6.07, 6.45) is 9.29. The summed E-state index contributed by atoms with van der Waals surface area (Å²) in [4.78, 5) is 19.0. The quantitative estimate of drug-likeness (QED) is 0.274. The summed E-state index contributed by atoms with van der Waals surface area (Å²) >= 11 is 1.54. The van der Waals surface area contributed by atoms with Crippen molar-refractivity contribution >= 4 is 17.2 Å². The molecule has 220 valence electrons. The van der Waals surface area contributed by atoms with Crippen LogP contribution in [0.1, 0.15) is 93.9 Å². The molecule has 1 amide bonds. The lowest BCUT2D eigenvalue weighted by Crippen LogP contribution is -2.41. The number of aliphatic hydroxyl groups is 1. The van der Waals surface area contributed by atoms with Gasteiger partial charge in [-0.2, -0.15) is 0 Å². The van der Waals surface area contributed by atoms with Crippen LogP contribution in [-0.4, -0.2) is 35.3 Å². The monoisotopic (exact) mass is 576 g/mol. The Labute approximate surface area is 248 Å². The highest BCUT2D eigenvalue weighted by molar-refractivity contribution is 7.16. The molecular formula is C34H44N2O4S. The van der Waals surface area contributed by atoms with Gasteiger partial charge in [0.1, 0.15) is 5.75 Å². The Balaban J connectivity index is 1.39. The molecule has 3 aromatic rings. The standard InChI is InChI=1S/C34H44N2O4S/c1-21(2)40-34-35-20-31(41-34)25-11-8-12-26(18-25)32(36-33(38)23-9-6-5-7-10-23)27-13-15-28(29(37)19-27)24-14-16-30(39-4)22(3)17-24/h8,11-12,14,16-18,20-21,23,27-29,32,37H,5-7,9-10,13,15,19H2,1-4H3,(H,36,38). The Hall–Kier alpha value is -2.90. The van der Waals surface area contributed by atoms with Crippen molar-refractivity contribution in [2.24, 2.45) is 11.8 Å². The van der Waals surface area contributed by atoms with E-state index in [1.807, 2.05) is 33.0 Å². The number of amides is 1. The maximum absolute atomic E-state index is 13.5. The number of carbonyl (C=O) groups excluding carboxylic acids is 1. The van der Waals surface area contributed by atoms with E-state index in [4.69, 9.17) is 9.47 Å². The number of thiazole rings is 1. The third-order valence-corrected chi connectivity index (χ3v) is 9.74. The molecule has 0 aliphatic heterocycles. The number of carbonyl (C=O) groups is 1. The molecule has 6 nitrogen and oxygen atoms in total. The van der Waals surface area contributed by atoms with Gasteiger partial charge in [0.05, 0.1) is 30.2 Å². The van der Waals surface area contributed by atoms with Crippen LogP contribution in [0.2, 0.25) is 0 Å². The van der Waals surface area contributed by atoms with Gasteiger partial charge in [-0.3, -0.25) is 4.79 Å². The van der Waals surface area contributed by atoms with Crippen molar-refractivity contribution in [2.45, 2.75) is 96.3 Å². The van der Waals surface area contributed by atoms with Crippen LogP contribution >= 0.6 is 11.3 Å². The summed E-state index contributed by atoms with van der Waals surface area (Å²) in [5.41, 5.74) is 4.39. The second-order valence-electron chi connectivity index (χ2n) is 12.1. The normalized spacial score (nSPS) is 22.3. The number of hydrogen-bond acceptors (Lipinski definition) is 6. The van der Waals surface area contributed by atoms with Gasteiger partial charge in [-0.05, 0) is 93.2 Å². The van der Waals surface area contributed by atoms with Gasteiger partial charge < -0.3 is 19.9 Å². The van der Waals surface area contributed by atoms with Gasteiger partial charge in [-0.25, -0.2) is 4.98 Å². The Morgan fingerprint density at radius 1 is 1.07 bits per heavy atom. The first-order chi connectivity index (χ1) is 19.8. The van der Waals surface area contributed by atoms with Crippen LogP contribution in [0.4, 0.5) is 0 Å². The SMILES string of the molecule is COc1ccc(C2CCC(C(NC(=O)C3CCCCC3)c3cccc(-c4cnc(OC(C)C)s4)c3)CC2O)cc1C. The van der Waals surface area contributed by atoms with E-state index < -0.39 is 6.10 Å². The van der Waals surface area contributed by atoms with Crippen molar-refractivity contribution in [2.75, 3.05) is 7.11 Å². The van der Waals surface area contributed by atoms with Crippen molar-refractivity contribution in [1.29, 1.82) is 0 Å². The van der Waals surface area contributed by atoms with Crippen molar-refractivity contribution in [1.82, 2.24) is 10.3 Å². The molecule has 2 fully saturated rings. The summed E-state index contributed by atoms with van der Waals surface area (Å²) in [5.74, 6) is 1.33. The summed E-state index contributed by atoms with van der Waals surface area (Å²) in [6.45, 7) is 6.05. The van der Waals surface area contributed by atoms with E-state index in [0.29, 0.717) is 11.6 Å². The number of rotatable bonds is 9. The van der Waals surface area contributed by atoms with Gasteiger partial charge in [0.25, 0.3) is 5.19 Å². The fourth-order valence-corrected chi connectivity index (χ4v) is 7.53. The molecule has 2 aliphatic carbocycles. The zero-order valence-corrected chi connectivity index (χ0v) is 25.6. The van der Waals surface area contributed by atoms with Gasteiger partial charge in [0.15, 0.2) is 0 Å². The lowest BCUT2D eigenvalue weighted by molar-refractivity contribution is -0.127. The molecule has 2 saturated carbocycles. The minimum absolute atomic E-state index is 0.0723. The topological polar surface area (TPSA) is 80.7 Å². The van der Waals surface area contributed by atoms with Gasteiger partial charge in [-0.15, -0.1) is 0 Å². The first kappa shape index (κ1) is 29.6. The van der Waals surface area contributed by atoms with Crippen LogP contribution < -0.4 is 14.8 Å². The molecule has 1 aromatic heterocycles. The van der Waals surface area contributed by atoms with Gasteiger partial charge in [-0.1, -0.05) is 60.9 Å². The molecule has 2 N–H and O–H groups in total. The predicted octanol–water partition coefficient (Wildman–Crippen LogP) is 7.60. The number of nitrogens with zero attached hydrogens (tertiary/aromatic N) is 1. The number of benzene rings is 2. The highest BCUT2D eigenvalue weighted by Crippen LogP contribution is 2.43. The predicted molar refractivity (Wildman–Crippen MR) is 165 cm³/mol. The van der Waals surface area contributed by atoms with Crippen LogP contribution in [0.5, 0.6) is 10.9 Å². The highest BCUT2D eigenvalue weighted by atomic mass is 32.1. The van der Waals surface area contributed by atoms with E-state index in [1.54, 1.807) is 7.11 Å². The summed E-state index contributed by atoms with van der Waals surface area (Å²) in [5, 5.41) is 15.6. The molecule has 0 bridgehead atoms. The Bertz CT molecular complexity index is 1320. The number of aryl methyl sites for hydroxylation is 1. The number of hydrogen-bond donors (Lipinski definition) is 2.